The van der Waals surface area contributed by atoms with Crippen LogP contribution in [0.3, 0.4) is 0 Å². The zero-order chi connectivity index (χ0) is 13.5. The molecule has 0 aromatic rings. The van der Waals surface area contributed by atoms with Crippen molar-refractivity contribution in [3.05, 3.63) is 0 Å². The van der Waals surface area contributed by atoms with Gasteiger partial charge in [-0.25, -0.2) is 0 Å². The van der Waals surface area contributed by atoms with Crippen LogP contribution in [0.25, 0.3) is 0 Å². The summed E-state index contributed by atoms with van der Waals surface area (Å²) in [6.45, 7) is 4.95. The average Bonchev–Trinajstić information content (AvgIpc) is 2.89. The van der Waals surface area contributed by atoms with E-state index in [1.165, 1.54) is 14.2 Å². The summed E-state index contributed by atoms with van der Waals surface area (Å²) in [7, 11) is 2.75. The predicted octanol–water partition coefficient (Wildman–Crippen LogP) is 0.821. The highest BCUT2D eigenvalue weighted by Gasteiger charge is 2.61. The molecule has 2 rings (SSSR count). The van der Waals surface area contributed by atoms with E-state index in [-0.39, 0.29) is 23.5 Å². The molecular weight excluding hydrogens is 234 g/mol. The Morgan fingerprint density at radius 1 is 1.17 bits per heavy atom. The fraction of sp³-hybridized carbons (Fsp3) is 0.846. The Hall–Kier alpha value is -1.10. The van der Waals surface area contributed by atoms with Gasteiger partial charge in [-0.15, -0.1) is 0 Å². The summed E-state index contributed by atoms with van der Waals surface area (Å²) in [6, 6.07) is 0.108. The maximum absolute atomic E-state index is 12.0. The van der Waals surface area contributed by atoms with E-state index >= 15 is 0 Å². The first-order valence-electron chi connectivity index (χ1n) is 6.37. The molecular formula is C13H21NO4. The molecule has 0 aliphatic carbocycles. The molecule has 0 radical (unpaired) electrons. The van der Waals surface area contributed by atoms with Crippen molar-refractivity contribution in [3.8, 4) is 0 Å². The summed E-state index contributed by atoms with van der Waals surface area (Å²) in [6.07, 6.45) is 2.01. The molecule has 3 atom stereocenters. The van der Waals surface area contributed by atoms with Crippen LogP contribution >= 0.6 is 0 Å². The fourth-order valence-electron chi connectivity index (χ4n) is 3.71. The second-order valence-corrected chi connectivity index (χ2v) is 5.61. The van der Waals surface area contributed by atoms with Gasteiger partial charge in [0.2, 0.25) is 0 Å². The molecule has 0 unspecified atom stereocenters. The molecule has 5 nitrogen and oxygen atoms in total. The lowest BCUT2D eigenvalue weighted by Gasteiger charge is -2.34. The molecule has 0 saturated carbocycles. The molecule has 0 amide bonds. The Bertz CT molecular complexity index is 366. The van der Waals surface area contributed by atoms with Gasteiger partial charge >= 0.3 is 11.9 Å². The molecule has 0 N–H and O–H groups in total. The SMILES string of the molecule is COC(=O)[C@@H]1[C@@H](C(=O)OC)C(C)(C)N2CCC[C@@H]12. The van der Waals surface area contributed by atoms with Crippen LogP contribution in [0.4, 0.5) is 0 Å². The third-order valence-electron chi connectivity index (χ3n) is 4.50. The molecule has 2 fully saturated rings. The van der Waals surface area contributed by atoms with Crippen molar-refractivity contribution in [2.45, 2.75) is 38.3 Å². The second kappa shape index (κ2) is 4.53. The Morgan fingerprint density at radius 2 is 1.78 bits per heavy atom. The third kappa shape index (κ3) is 1.72. The summed E-state index contributed by atoms with van der Waals surface area (Å²) >= 11 is 0. The van der Waals surface area contributed by atoms with E-state index in [4.69, 9.17) is 9.47 Å². The van der Waals surface area contributed by atoms with Gasteiger partial charge in [-0.2, -0.15) is 0 Å². The van der Waals surface area contributed by atoms with Crippen LogP contribution in [0.1, 0.15) is 26.7 Å². The van der Waals surface area contributed by atoms with Crippen LogP contribution in [0.5, 0.6) is 0 Å². The molecule has 0 aromatic carbocycles. The lowest BCUT2D eigenvalue weighted by atomic mass is 9.79. The van der Waals surface area contributed by atoms with Gasteiger partial charge in [0.05, 0.1) is 26.1 Å². The van der Waals surface area contributed by atoms with Crippen LogP contribution in [0.2, 0.25) is 0 Å². The van der Waals surface area contributed by atoms with E-state index in [1.807, 2.05) is 13.8 Å². The Labute approximate surface area is 107 Å². The summed E-state index contributed by atoms with van der Waals surface area (Å²) in [4.78, 5) is 26.3. The quantitative estimate of drug-likeness (QED) is 0.684. The third-order valence-corrected chi connectivity index (χ3v) is 4.50. The predicted molar refractivity (Wildman–Crippen MR) is 64.8 cm³/mol. The van der Waals surface area contributed by atoms with Gasteiger partial charge < -0.3 is 9.47 Å². The summed E-state index contributed by atoms with van der Waals surface area (Å²) in [5.41, 5.74) is -0.354. The Kier molecular flexibility index (Phi) is 3.36. The van der Waals surface area contributed by atoms with E-state index in [1.54, 1.807) is 0 Å². The fourth-order valence-corrected chi connectivity index (χ4v) is 3.71. The number of esters is 2. The van der Waals surface area contributed by atoms with E-state index in [0.717, 1.165) is 19.4 Å². The number of hydrogen-bond donors (Lipinski definition) is 0. The first-order chi connectivity index (χ1) is 8.45. The number of hydrogen-bond acceptors (Lipinski definition) is 5. The highest BCUT2D eigenvalue weighted by molar-refractivity contribution is 5.84. The van der Waals surface area contributed by atoms with Crippen LogP contribution < -0.4 is 0 Å². The maximum Gasteiger partial charge on any atom is 0.311 e. The molecule has 18 heavy (non-hydrogen) atoms. The number of methoxy groups -OCH3 is 2. The topological polar surface area (TPSA) is 55.8 Å². The lowest BCUT2D eigenvalue weighted by Crippen LogP contribution is -2.46. The molecule has 2 aliphatic rings. The van der Waals surface area contributed by atoms with Crippen LogP contribution in [-0.4, -0.2) is 49.2 Å². The zero-order valence-electron chi connectivity index (χ0n) is 11.4. The molecule has 0 spiro atoms. The summed E-state index contributed by atoms with van der Waals surface area (Å²) in [5.74, 6) is -1.46. The first kappa shape index (κ1) is 13.3. The maximum atomic E-state index is 12.0. The molecule has 0 bridgehead atoms. The van der Waals surface area contributed by atoms with E-state index in [2.05, 4.69) is 4.90 Å². The highest BCUT2D eigenvalue weighted by atomic mass is 16.5. The number of carbonyl (C=O) groups excluding carboxylic acids is 2. The normalized spacial score (nSPS) is 34.1. The average molecular weight is 255 g/mol. The van der Waals surface area contributed by atoms with Gasteiger partial charge in [0.15, 0.2) is 0 Å². The number of nitrogens with zero attached hydrogens (tertiary/aromatic N) is 1. The molecule has 5 heteroatoms. The standard InChI is InChI=1S/C13H21NO4/c1-13(2)10(12(16)18-4)9(11(15)17-3)8-6-5-7-14(8)13/h8-10H,5-7H2,1-4H3/t8-,9-,10-/m0/s1. The van der Waals surface area contributed by atoms with Crippen molar-refractivity contribution < 1.29 is 19.1 Å². The van der Waals surface area contributed by atoms with Crippen molar-refractivity contribution in [1.82, 2.24) is 4.90 Å². The van der Waals surface area contributed by atoms with Crippen LogP contribution in [0, 0.1) is 11.8 Å². The summed E-state index contributed by atoms with van der Waals surface area (Å²) < 4.78 is 9.77. The van der Waals surface area contributed by atoms with Crippen molar-refractivity contribution in [3.63, 3.8) is 0 Å². The minimum Gasteiger partial charge on any atom is -0.469 e. The smallest absolute Gasteiger partial charge is 0.311 e. The van der Waals surface area contributed by atoms with Crippen molar-refractivity contribution >= 4 is 11.9 Å². The van der Waals surface area contributed by atoms with Crippen molar-refractivity contribution in [1.29, 1.82) is 0 Å². The van der Waals surface area contributed by atoms with Gasteiger partial charge in [0, 0.05) is 11.6 Å². The van der Waals surface area contributed by atoms with Gasteiger partial charge in [0.1, 0.15) is 0 Å². The molecule has 102 valence electrons. The highest BCUT2D eigenvalue weighted by Crippen LogP contribution is 2.48. The second-order valence-electron chi connectivity index (χ2n) is 5.61. The van der Waals surface area contributed by atoms with Crippen molar-refractivity contribution in [2.75, 3.05) is 20.8 Å². The number of carbonyl (C=O) groups is 2. The Balaban J connectivity index is 2.39. The van der Waals surface area contributed by atoms with E-state index < -0.39 is 11.8 Å². The summed E-state index contributed by atoms with van der Waals surface area (Å²) in [5, 5.41) is 0. The van der Waals surface area contributed by atoms with Gasteiger partial charge in [-0.05, 0) is 33.2 Å². The zero-order valence-corrected chi connectivity index (χ0v) is 11.4. The molecule has 0 aromatic heterocycles. The van der Waals surface area contributed by atoms with Gasteiger partial charge in [0.25, 0.3) is 0 Å². The minimum absolute atomic E-state index is 0.108. The van der Waals surface area contributed by atoms with Crippen LogP contribution in [-0.2, 0) is 19.1 Å². The lowest BCUT2D eigenvalue weighted by molar-refractivity contribution is -0.158. The number of fused-ring (bicyclic) bond motifs is 1. The minimum atomic E-state index is -0.444. The largest absolute Gasteiger partial charge is 0.469 e. The number of rotatable bonds is 2. The monoisotopic (exact) mass is 255 g/mol. The molecule has 2 aliphatic heterocycles. The molecule has 2 saturated heterocycles. The Morgan fingerprint density at radius 3 is 2.33 bits per heavy atom. The van der Waals surface area contributed by atoms with Crippen LogP contribution in [0.15, 0.2) is 0 Å². The van der Waals surface area contributed by atoms with Gasteiger partial charge in [-0.1, -0.05) is 0 Å². The van der Waals surface area contributed by atoms with Crippen molar-refractivity contribution in [2.24, 2.45) is 11.8 Å². The van der Waals surface area contributed by atoms with Gasteiger partial charge in [-0.3, -0.25) is 14.5 Å². The van der Waals surface area contributed by atoms with E-state index in [9.17, 15) is 9.59 Å². The first-order valence-corrected chi connectivity index (χ1v) is 6.37. The molecule has 2 heterocycles. The number of ether oxygens (including phenoxy) is 2. The van der Waals surface area contributed by atoms with E-state index in [0.29, 0.717) is 0 Å².